The van der Waals surface area contributed by atoms with Crippen LogP contribution in [0.1, 0.15) is 102 Å². The van der Waals surface area contributed by atoms with Crippen LogP contribution in [0.15, 0.2) is 84.9 Å². The molecule has 5 aliphatic rings. The molecule has 3 aromatic carbocycles. The predicted molar refractivity (Wildman–Crippen MR) is 385 cm³/mol. The number of carboxylic acids is 2. The normalized spacial score (nSPS) is 27.6. The first-order valence-corrected chi connectivity index (χ1v) is 38.0. The second-order valence-electron chi connectivity index (χ2n) is 27.0. The fourth-order valence-electron chi connectivity index (χ4n) is 13.2. The van der Waals surface area contributed by atoms with Crippen LogP contribution in [0.5, 0.6) is 5.75 Å². The molecule has 0 unspecified atom stereocenters. The van der Waals surface area contributed by atoms with Crippen molar-refractivity contribution < 1.29 is 97.1 Å². The van der Waals surface area contributed by atoms with Crippen LogP contribution in [0.25, 0.3) is 0 Å². The minimum Gasteiger partial charge on any atom is -0.508 e. The van der Waals surface area contributed by atoms with Crippen molar-refractivity contribution in [2.75, 3.05) is 44.3 Å². The van der Waals surface area contributed by atoms with E-state index >= 15 is 14.4 Å². The number of aromatic hydroxyl groups is 1. The average molecular weight is 1530 g/mol. The first-order valence-electron chi connectivity index (χ1n) is 35.5. The molecule has 5 aliphatic heterocycles. The maximum absolute atomic E-state index is 15.3. The van der Waals surface area contributed by atoms with E-state index < -0.39 is 223 Å². The molecule has 578 valence electrons. The number of carbonyl (C=O) groups is 16. The van der Waals surface area contributed by atoms with Crippen molar-refractivity contribution >= 4 is 116 Å². The van der Waals surface area contributed by atoms with E-state index in [9.17, 15) is 82.8 Å². The number of amides is 14. The Bertz CT molecular complexity index is 3770. The molecular formula is C71H92N14O20S2. The van der Waals surface area contributed by atoms with Crippen molar-refractivity contribution in [2.24, 2.45) is 5.92 Å². The fourth-order valence-corrected chi connectivity index (χ4v) is 15.5. The third-order valence-corrected chi connectivity index (χ3v) is 21.6. The van der Waals surface area contributed by atoms with E-state index in [1.54, 1.807) is 74.5 Å². The molecule has 5 fully saturated rings. The van der Waals surface area contributed by atoms with Gasteiger partial charge in [-0.25, -0.2) is 0 Å². The van der Waals surface area contributed by atoms with Crippen molar-refractivity contribution in [3.8, 4) is 5.75 Å². The van der Waals surface area contributed by atoms with Gasteiger partial charge >= 0.3 is 11.9 Å². The molecule has 2 bridgehead atoms. The second kappa shape index (κ2) is 39.3. The van der Waals surface area contributed by atoms with Gasteiger partial charge in [0.1, 0.15) is 84.3 Å². The number of benzene rings is 3. The number of phenols is 1. The molecule has 0 aromatic heterocycles. The summed E-state index contributed by atoms with van der Waals surface area (Å²) in [7, 11) is 1.76. The van der Waals surface area contributed by atoms with E-state index in [-0.39, 0.29) is 89.6 Å². The lowest BCUT2D eigenvalue weighted by Crippen LogP contribution is -2.61. The fraction of sp³-hybridized carbons (Fsp3) is 0.521. The average Bonchev–Trinajstić information content (AvgIpc) is 1.71. The molecule has 34 nitrogen and oxygen atoms in total. The topological polar surface area (TPSA) is 496 Å². The molecule has 0 aliphatic carbocycles. The molecule has 15 N–H and O–H groups in total. The van der Waals surface area contributed by atoms with Crippen molar-refractivity contribution in [1.82, 2.24) is 73.2 Å². The maximum Gasteiger partial charge on any atom is 0.305 e. The van der Waals surface area contributed by atoms with Gasteiger partial charge in [-0.05, 0) is 86.6 Å². The lowest BCUT2D eigenvalue weighted by Gasteiger charge is -2.34. The molecule has 5 saturated heterocycles. The van der Waals surface area contributed by atoms with Gasteiger partial charge in [0.25, 0.3) is 0 Å². The summed E-state index contributed by atoms with van der Waals surface area (Å²) in [6.07, 6.45) is -1.83. The monoisotopic (exact) mass is 1520 g/mol. The van der Waals surface area contributed by atoms with E-state index in [2.05, 4.69) is 58.5 Å². The number of fused-ring (bicyclic) bond motifs is 8. The van der Waals surface area contributed by atoms with Crippen LogP contribution in [0.3, 0.4) is 0 Å². The summed E-state index contributed by atoms with van der Waals surface area (Å²) in [6, 6.07) is 1.71. The summed E-state index contributed by atoms with van der Waals surface area (Å²) >= 11 is 0. The maximum atomic E-state index is 15.3. The smallest absolute Gasteiger partial charge is 0.305 e. The van der Waals surface area contributed by atoms with Gasteiger partial charge in [-0.2, -0.15) is 0 Å². The van der Waals surface area contributed by atoms with Crippen LogP contribution < -0.4 is 58.5 Å². The Morgan fingerprint density at radius 2 is 0.916 bits per heavy atom. The Balaban J connectivity index is 1.22. The summed E-state index contributed by atoms with van der Waals surface area (Å²) in [6.45, 7) is 2.49. The quantitative estimate of drug-likeness (QED) is 0.0723. The minimum atomic E-state index is -1.89. The van der Waals surface area contributed by atoms with Crippen LogP contribution in [0.2, 0.25) is 0 Å². The number of aliphatic hydroxyl groups is 1. The molecular weight excluding hydrogens is 1430 g/mol. The number of nitrogens with zero attached hydrogens (tertiary/aromatic N) is 3. The van der Waals surface area contributed by atoms with Crippen molar-refractivity contribution in [1.29, 1.82) is 0 Å². The first-order chi connectivity index (χ1) is 51.1. The molecule has 5 heterocycles. The van der Waals surface area contributed by atoms with E-state index in [0.717, 1.165) is 26.5 Å². The summed E-state index contributed by atoms with van der Waals surface area (Å²) < 4.78 is 0. The highest BCUT2D eigenvalue weighted by molar-refractivity contribution is 8.76. The van der Waals surface area contributed by atoms with E-state index in [4.69, 9.17) is 0 Å². The van der Waals surface area contributed by atoms with Gasteiger partial charge in [0.15, 0.2) is 0 Å². The third-order valence-electron chi connectivity index (χ3n) is 19.2. The Hall–Kier alpha value is -10.4. The Kier molecular flexibility index (Phi) is 30.2. The highest BCUT2D eigenvalue weighted by Gasteiger charge is 2.46. The summed E-state index contributed by atoms with van der Waals surface area (Å²) in [5.41, 5.74) is 1.34. The molecule has 107 heavy (non-hydrogen) atoms. The van der Waals surface area contributed by atoms with Crippen molar-refractivity contribution in [2.45, 2.75) is 183 Å². The minimum absolute atomic E-state index is 0.0160. The third kappa shape index (κ3) is 23.1. The number of hydrogen-bond acceptors (Lipinski definition) is 20. The van der Waals surface area contributed by atoms with Gasteiger partial charge in [-0.1, -0.05) is 115 Å². The number of rotatable bonds is 14. The first kappa shape index (κ1) is 82.3. The molecule has 8 rings (SSSR count). The van der Waals surface area contributed by atoms with Crippen LogP contribution in [0.4, 0.5) is 0 Å². The second-order valence-corrected chi connectivity index (χ2v) is 29.5. The number of aliphatic hydroxyl groups excluding tert-OH is 1. The van der Waals surface area contributed by atoms with E-state index in [1.807, 2.05) is 0 Å². The lowest BCUT2D eigenvalue weighted by atomic mass is 9.97. The highest BCUT2D eigenvalue weighted by atomic mass is 33.1. The molecule has 3 aromatic rings. The zero-order valence-corrected chi connectivity index (χ0v) is 60.9. The van der Waals surface area contributed by atoms with Gasteiger partial charge in [-0.15, -0.1) is 0 Å². The SMILES string of the molecule is CC[C@H](C)[C@@H]1NC(=O)[C@@H]2CCCN2C(=O)[C@@H]2CCCN2C(=O)[C@H](CCC(=O)O)NC(=O)[C@H](CO)NC(=O)[C@H](Cc2ccc(O)cc2)NC(=O)[C@H](C)NC(=O)[C@@H]2CSSC[C@H](NC1=O)C(=O)N[C@@H](Cc1ccccc1)C(=O)N1CCC[C@H]1C(=O)N[C@@H](CC(=O)O)C(=O)NCC(=O)N[C@@H](Cc1ccccc1)C(=O)N2. The number of aliphatic carboxylic acids is 2. The Morgan fingerprint density at radius 3 is 1.48 bits per heavy atom. The number of nitrogens with one attached hydrogen (secondary N) is 11. The van der Waals surface area contributed by atoms with Crippen LogP contribution >= 0.6 is 21.6 Å². The summed E-state index contributed by atoms with van der Waals surface area (Å²) in [4.78, 5) is 233. The van der Waals surface area contributed by atoms with E-state index in [1.165, 1.54) is 41.0 Å². The van der Waals surface area contributed by atoms with Crippen LogP contribution in [-0.4, -0.2) is 253 Å². The van der Waals surface area contributed by atoms with Crippen LogP contribution in [-0.2, 0) is 96.0 Å². The molecule has 0 spiro atoms. The molecule has 36 heteroatoms. The van der Waals surface area contributed by atoms with Gasteiger partial charge < -0.3 is 93.6 Å². The van der Waals surface area contributed by atoms with Gasteiger partial charge in [0.2, 0.25) is 82.7 Å². The van der Waals surface area contributed by atoms with E-state index in [0.29, 0.717) is 16.7 Å². The number of carboxylic acid groups (broad SMARTS) is 2. The van der Waals surface area contributed by atoms with Crippen molar-refractivity contribution in [3.63, 3.8) is 0 Å². The number of phenolic OH excluding ortho intramolecular Hbond substituents is 1. The Morgan fingerprint density at radius 1 is 0.467 bits per heavy atom. The summed E-state index contributed by atoms with van der Waals surface area (Å²) in [5, 5.41) is 68.7. The number of carbonyl (C=O) groups excluding carboxylic acids is 14. The van der Waals surface area contributed by atoms with Crippen molar-refractivity contribution in [3.05, 3.63) is 102 Å². The Labute approximate surface area is 624 Å². The molecule has 14 amide bonds. The zero-order chi connectivity index (χ0) is 77.6. The van der Waals surface area contributed by atoms with Gasteiger partial charge in [-0.3, -0.25) is 76.7 Å². The standard InChI is InChI=1S/C71H92N14O20S2/c1-4-38(2)58-68(102)81-51-37-107-106-36-50(80-61(95)45(30-40-14-7-5-8-15-40)74-55(88)34-72-60(94)47(33-57(91)92)77-66(100)52-18-11-27-83(52)70(104)48(78-65(51)99)32-41-16-9-6-10-17-41)64(98)73-39(3)59(93)76-46(31-42-21-23-43(87)24-22-42)62(96)79-49(35-86)63(97)75-44(25-26-56(89)90)69(103)85-29-13-20-54(85)71(105)84-28-12-19-53(84)67(101)82-58/h5-10,14-17,21-24,38-39,44-54,58,86-87H,4,11-13,18-20,25-37H2,1-3H3,(H,72,94)(H,73,98)(H,74,88)(H,75,97)(H,76,93)(H,77,100)(H,78,99)(H,79,96)(H,80,95)(H,81,102)(H,82,101)(H,89,90)(H,91,92)/t38-,39-,44-,45-,46-,47-,48-,49-,50-,51-,52-,53-,54-,58-/m0/s1. The van der Waals surface area contributed by atoms with Gasteiger partial charge in [0.05, 0.1) is 19.6 Å². The highest BCUT2D eigenvalue weighted by Crippen LogP contribution is 2.29. The van der Waals surface area contributed by atoms with Crippen LogP contribution in [0, 0.1) is 5.92 Å². The lowest BCUT2D eigenvalue weighted by molar-refractivity contribution is -0.148. The zero-order valence-electron chi connectivity index (χ0n) is 59.3. The molecule has 0 saturated carbocycles. The summed E-state index contributed by atoms with van der Waals surface area (Å²) in [5.74, 6) is -18.2. The number of hydrogen-bond donors (Lipinski definition) is 15. The predicted octanol–water partition coefficient (Wildman–Crippen LogP) is -2.84. The van der Waals surface area contributed by atoms with Gasteiger partial charge in [0, 0.05) is 56.8 Å². The largest absolute Gasteiger partial charge is 0.508 e. The molecule has 0 radical (unpaired) electrons. The molecule has 14 atom stereocenters.